The molecule has 10 nitrogen and oxygen atoms in total. The second kappa shape index (κ2) is 9.27. The molecule has 3 fully saturated rings. The first kappa shape index (κ1) is 24.4. The molecule has 1 aromatic carbocycles. The van der Waals surface area contributed by atoms with E-state index < -0.39 is 16.1 Å². The van der Waals surface area contributed by atoms with E-state index in [1.807, 2.05) is 27.0 Å². The van der Waals surface area contributed by atoms with Crippen LogP contribution in [-0.4, -0.2) is 81.4 Å². The highest BCUT2D eigenvalue weighted by Gasteiger charge is 2.36. The molecule has 192 valence electrons. The molecule has 0 aliphatic carbocycles. The number of ether oxygens (including phenoxy) is 1. The first-order valence-corrected chi connectivity index (χ1v) is 13.8. The molecule has 0 bridgehead atoms. The molecule has 0 N–H and O–H groups in total. The average Bonchev–Trinajstić information content (AvgIpc) is 3.38. The first-order valence-electron chi connectivity index (χ1n) is 12.2. The van der Waals surface area contributed by atoms with Crippen molar-refractivity contribution in [2.45, 2.75) is 33.2 Å². The number of aromatic nitrogens is 1. The van der Waals surface area contributed by atoms with Crippen LogP contribution in [0.5, 0.6) is 0 Å². The fourth-order valence-corrected chi connectivity index (χ4v) is 6.75. The summed E-state index contributed by atoms with van der Waals surface area (Å²) in [5, 5.41) is 0. The number of aryl methyl sites for hydroxylation is 2. The van der Waals surface area contributed by atoms with E-state index in [4.69, 9.17) is 4.74 Å². The normalized spacial score (nSPS) is 21.8. The van der Waals surface area contributed by atoms with Crippen LogP contribution in [0.4, 0.5) is 22.0 Å². The molecule has 0 radical (unpaired) electrons. The summed E-state index contributed by atoms with van der Waals surface area (Å²) in [4.78, 5) is 36.0. The average molecular weight is 514 g/mol. The number of sulfonamides is 1. The molecule has 1 atom stereocenters. The van der Waals surface area contributed by atoms with Gasteiger partial charge in [0, 0.05) is 44.6 Å². The summed E-state index contributed by atoms with van der Waals surface area (Å²) in [5.74, 6) is 0.741. The van der Waals surface area contributed by atoms with E-state index >= 15 is 0 Å². The van der Waals surface area contributed by atoms with Crippen molar-refractivity contribution < 1.29 is 22.7 Å². The highest BCUT2D eigenvalue weighted by Crippen LogP contribution is 2.35. The van der Waals surface area contributed by atoms with Crippen LogP contribution in [-0.2, 0) is 14.8 Å². The number of anilines is 3. The molecule has 1 unspecified atom stereocenters. The SMILES string of the molecule is Cc1cnc(N2CCN(C(=O)c3ccc(N4C(=O)OCC4C)cc3N3CCCS3(=O)=O)CC2)c(C)c1. The number of benzene rings is 1. The zero-order valence-corrected chi connectivity index (χ0v) is 21.6. The van der Waals surface area contributed by atoms with Crippen LogP contribution in [0.2, 0.25) is 0 Å². The second-order valence-electron chi connectivity index (χ2n) is 9.67. The number of pyridine rings is 1. The number of nitrogens with zero attached hydrogens (tertiary/aromatic N) is 5. The second-order valence-corrected chi connectivity index (χ2v) is 11.7. The fraction of sp³-hybridized carbons (Fsp3) is 0.480. The fourth-order valence-electron chi connectivity index (χ4n) is 5.17. The van der Waals surface area contributed by atoms with Crippen molar-refractivity contribution in [3.05, 3.63) is 47.2 Å². The molecule has 11 heteroatoms. The predicted molar refractivity (Wildman–Crippen MR) is 137 cm³/mol. The van der Waals surface area contributed by atoms with Crippen molar-refractivity contribution >= 4 is 39.2 Å². The highest BCUT2D eigenvalue weighted by atomic mass is 32.2. The maximum absolute atomic E-state index is 13.7. The van der Waals surface area contributed by atoms with E-state index in [1.54, 1.807) is 23.1 Å². The molecule has 0 spiro atoms. The highest BCUT2D eigenvalue weighted by molar-refractivity contribution is 7.93. The zero-order valence-electron chi connectivity index (χ0n) is 20.8. The van der Waals surface area contributed by atoms with Crippen molar-refractivity contribution in [2.24, 2.45) is 0 Å². The van der Waals surface area contributed by atoms with Gasteiger partial charge in [-0.1, -0.05) is 6.07 Å². The molecular weight excluding hydrogens is 482 g/mol. The van der Waals surface area contributed by atoms with E-state index in [1.165, 1.54) is 9.21 Å². The summed E-state index contributed by atoms with van der Waals surface area (Å²) >= 11 is 0. The molecule has 1 aromatic heterocycles. The number of rotatable bonds is 4. The Morgan fingerprint density at radius 3 is 2.44 bits per heavy atom. The summed E-state index contributed by atoms with van der Waals surface area (Å²) in [6, 6.07) is 6.88. The lowest BCUT2D eigenvalue weighted by Gasteiger charge is -2.36. The van der Waals surface area contributed by atoms with Gasteiger partial charge in [0.15, 0.2) is 0 Å². The van der Waals surface area contributed by atoms with Gasteiger partial charge in [0.1, 0.15) is 12.4 Å². The van der Waals surface area contributed by atoms with Gasteiger partial charge >= 0.3 is 6.09 Å². The largest absolute Gasteiger partial charge is 0.447 e. The van der Waals surface area contributed by atoms with Gasteiger partial charge in [-0.2, -0.15) is 0 Å². The van der Waals surface area contributed by atoms with Gasteiger partial charge in [0.25, 0.3) is 5.91 Å². The minimum Gasteiger partial charge on any atom is -0.447 e. The van der Waals surface area contributed by atoms with Crippen LogP contribution in [0, 0.1) is 13.8 Å². The number of carbonyl (C=O) groups is 2. The van der Waals surface area contributed by atoms with Crippen LogP contribution >= 0.6 is 0 Å². The summed E-state index contributed by atoms with van der Waals surface area (Å²) < 4.78 is 32.1. The van der Waals surface area contributed by atoms with Crippen LogP contribution in [0.3, 0.4) is 0 Å². The van der Waals surface area contributed by atoms with Crippen molar-refractivity contribution in [1.29, 1.82) is 0 Å². The van der Waals surface area contributed by atoms with Crippen LogP contribution < -0.4 is 14.1 Å². The van der Waals surface area contributed by atoms with Crippen molar-refractivity contribution in [3.63, 3.8) is 0 Å². The number of cyclic esters (lactones) is 1. The topological polar surface area (TPSA) is 103 Å². The summed E-state index contributed by atoms with van der Waals surface area (Å²) in [6.45, 7) is 8.74. The molecule has 3 aliphatic rings. The Morgan fingerprint density at radius 2 is 1.83 bits per heavy atom. The smallest absolute Gasteiger partial charge is 0.414 e. The third-order valence-corrected chi connectivity index (χ3v) is 8.85. The quantitative estimate of drug-likeness (QED) is 0.619. The number of piperazine rings is 1. The Balaban J connectivity index is 1.42. The minimum absolute atomic E-state index is 0.0363. The minimum atomic E-state index is -3.54. The van der Waals surface area contributed by atoms with Gasteiger partial charge in [-0.05, 0) is 56.5 Å². The van der Waals surface area contributed by atoms with Crippen molar-refractivity contribution in [1.82, 2.24) is 9.88 Å². The summed E-state index contributed by atoms with van der Waals surface area (Å²) in [6.07, 6.45) is 1.86. The van der Waals surface area contributed by atoms with E-state index in [0.29, 0.717) is 56.1 Å². The monoisotopic (exact) mass is 513 g/mol. The van der Waals surface area contributed by atoms with Gasteiger partial charge in [0.2, 0.25) is 10.0 Å². The summed E-state index contributed by atoms with van der Waals surface area (Å²) in [7, 11) is -3.54. The third kappa shape index (κ3) is 4.36. The number of carbonyl (C=O) groups excluding carboxylic acids is 2. The van der Waals surface area contributed by atoms with Crippen molar-refractivity contribution in [3.8, 4) is 0 Å². The zero-order chi connectivity index (χ0) is 25.6. The lowest BCUT2D eigenvalue weighted by Crippen LogP contribution is -2.49. The lowest BCUT2D eigenvalue weighted by atomic mass is 10.1. The Bertz CT molecular complexity index is 1310. The third-order valence-electron chi connectivity index (χ3n) is 7.00. The Morgan fingerprint density at radius 1 is 1.08 bits per heavy atom. The van der Waals surface area contributed by atoms with E-state index in [0.717, 1.165) is 16.9 Å². The molecule has 5 rings (SSSR count). The maximum Gasteiger partial charge on any atom is 0.414 e. The number of hydrogen-bond acceptors (Lipinski definition) is 7. The standard InChI is InChI=1S/C25H31N5O5S/c1-17-13-18(2)23(26-15-17)27-8-10-28(11-9-27)24(31)21-6-5-20(30-19(3)16-35-25(30)32)14-22(21)29-7-4-12-36(29,33)34/h5-6,13-15,19H,4,7-12,16H2,1-3H3. The molecule has 2 amide bonds. The molecule has 4 heterocycles. The molecular formula is C25H31N5O5S. The molecule has 3 saturated heterocycles. The van der Waals surface area contributed by atoms with Gasteiger partial charge in [-0.25, -0.2) is 18.2 Å². The van der Waals surface area contributed by atoms with Crippen molar-refractivity contribution in [2.75, 3.05) is 59.2 Å². The van der Waals surface area contributed by atoms with E-state index in [9.17, 15) is 18.0 Å². The van der Waals surface area contributed by atoms with Gasteiger partial charge in [0.05, 0.1) is 23.0 Å². The molecule has 3 aliphatic heterocycles. The lowest BCUT2D eigenvalue weighted by molar-refractivity contribution is 0.0747. The van der Waals surface area contributed by atoms with E-state index in [2.05, 4.69) is 16.0 Å². The first-order chi connectivity index (χ1) is 17.2. The van der Waals surface area contributed by atoms with Crippen LogP contribution in [0.25, 0.3) is 0 Å². The molecule has 36 heavy (non-hydrogen) atoms. The van der Waals surface area contributed by atoms with Gasteiger partial charge < -0.3 is 14.5 Å². The Kier molecular flexibility index (Phi) is 6.27. The van der Waals surface area contributed by atoms with Gasteiger partial charge in [-0.3, -0.25) is 14.0 Å². The number of hydrogen-bond donors (Lipinski definition) is 0. The van der Waals surface area contributed by atoms with Crippen LogP contribution in [0.15, 0.2) is 30.5 Å². The van der Waals surface area contributed by atoms with E-state index in [-0.39, 0.29) is 24.3 Å². The Hall–Kier alpha value is -3.34. The number of amides is 2. The molecule has 0 saturated carbocycles. The van der Waals surface area contributed by atoms with Gasteiger partial charge in [-0.15, -0.1) is 0 Å². The Labute approximate surface area is 211 Å². The van der Waals surface area contributed by atoms with Crippen LogP contribution in [0.1, 0.15) is 34.8 Å². The predicted octanol–water partition coefficient (Wildman–Crippen LogP) is 2.55. The molecule has 2 aromatic rings. The maximum atomic E-state index is 13.7. The summed E-state index contributed by atoms with van der Waals surface area (Å²) in [5.41, 5.74) is 3.36.